The largest absolute Gasteiger partial charge is 0.333 e. The fourth-order valence-corrected chi connectivity index (χ4v) is 3.94. The van der Waals surface area contributed by atoms with E-state index in [0.29, 0.717) is 12.1 Å². The van der Waals surface area contributed by atoms with Crippen LogP contribution in [0.1, 0.15) is 44.3 Å². The molecule has 0 saturated heterocycles. The zero-order valence-corrected chi connectivity index (χ0v) is 12.5. The van der Waals surface area contributed by atoms with Crippen LogP contribution in [0.25, 0.3) is 0 Å². The Morgan fingerprint density at radius 3 is 3.05 bits per heavy atom. The van der Waals surface area contributed by atoms with Gasteiger partial charge in [0.05, 0.1) is 12.6 Å². The zero-order valence-electron chi connectivity index (χ0n) is 12.5. The molecule has 0 radical (unpaired) electrons. The molecular formula is C16H23N5. The van der Waals surface area contributed by atoms with E-state index in [2.05, 4.69) is 32.0 Å². The van der Waals surface area contributed by atoms with Gasteiger partial charge in [-0.2, -0.15) is 5.26 Å². The molecule has 0 amide bonds. The van der Waals surface area contributed by atoms with Crippen molar-refractivity contribution in [3.8, 4) is 6.07 Å². The molecule has 2 atom stereocenters. The van der Waals surface area contributed by atoms with E-state index in [1.54, 1.807) is 0 Å². The normalized spacial score (nSPS) is 33.4. The molecule has 21 heavy (non-hydrogen) atoms. The first-order valence-electron chi connectivity index (χ1n) is 8.21. The van der Waals surface area contributed by atoms with Crippen LogP contribution in [-0.2, 0) is 13.1 Å². The Hall–Kier alpha value is -1.38. The summed E-state index contributed by atoms with van der Waals surface area (Å²) in [4.78, 5) is 7.00. The number of fused-ring (bicyclic) bond motifs is 1. The van der Waals surface area contributed by atoms with Crippen LogP contribution in [-0.4, -0.2) is 38.6 Å². The lowest BCUT2D eigenvalue weighted by atomic mass is 9.79. The fraction of sp³-hybridized carbons (Fsp3) is 0.750. The first kappa shape index (κ1) is 13.3. The van der Waals surface area contributed by atoms with Crippen molar-refractivity contribution in [3.63, 3.8) is 0 Å². The average molecular weight is 285 g/mol. The van der Waals surface area contributed by atoms with Gasteiger partial charge in [0.15, 0.2) is 0 Å². The molecule has 1 aromatic heterocycles. The molecule has 2 saturated carbocycles. The van der Waals surface area contributed by atoms with Gasteiger partial charge in [0, 0.05) is 37.6 Å². The summed E-state index contributed by atoms with van der Waals surface area (Å²) in [5, 5.41) is 13.3. The van der Waals surface area contributed by atoms with E-state index in [0.717, 1.165) is 38.9 Å². The Morgan fingerprint density at radius 2 is 2.24 bits per heavy atom. The van der Waals surface area contributed by atoms with Crippen molar-refractivity contribution in [1.82, 2.24) is 19.8 Å². The maximum absolute atomic E-state index is 9.71. The molecule has 4 rings (SSSR count). The fourth-order valence-electron chi connectivity index (χ4n) is 3.94. The summed E-state index contributed by atoms with van der Waals surface area (Å²) in [6.45, 7) is 3.04. The lowest BCUT2D eigenvalue weighted by Crippen LogP contribution is -2.54. The van der Waals surface area contributed by atoms with Gasteiger partial charge < -0.3 is 4.57 Å². The smallest absolute Gasteiger partial charge is 0.122 e. The second kappa shape index (κ2) is 5.11. The maximum Gasteiger partial charge on any atom is 0.122 e. The highest BCUT2D eigenvalue weighted by molar-refractivity contribution is 5.14. The molecule has 2 unspecified atom stereocenters. The minimum Gasteiger partial charge on any atom is -0.333 e. The SMILES string of the molecule is N#CC1(NC2CC2)CCCC(N2CCn3ccnc3C2)C1. The second-order valence-electron chi connectivity index (χ2n) is 6.87. The third-order valence-electron chi connectivity index (χ3n) is 5.29. The highest BCUT2D eigenvalue weighted by atomic mass is 15.3. The summed E-state index contributed by atoms with van der Waals surface area (Å²) >= 11 is 0. The molecule has 0 spiro atoms. The molecule has 2 aliphatic carbocycles. The van der Waals surface area contributed by atoms with Gasteiger partial charge in [-0.25, -0.2) is 4.98 Å². The Balaban J connectivity index is 1.47. The number of aromatic nitrogens is 2. The van der Waals surface area contributed by atoms with Crippen molar-refractivity contribution < 1.29 is 0 Å². The number of hydrogen-bond donors (Lipinski definition) is 1. The first-order chi connectivity index (χ1) is 10.3. The molecule has 0 bridgehead atoms. The highest BCUT2D eigenvalue weighted by Crippen LogP contribution is 2.35. The molecule has 1 aliphatic heterocycles. The molecule has 0 aromatic carbocycles. The molecule has 1 N–H and O–H groups in total. The van der Waals surface area contributed by atoms with Gasteiger partial charge >= 0.3 is 0 Å². The summed E-state index contributed by atoms with van der Waals surface area (Å²) < 4.78 is 2.25. The van der Waals surface area contributed by atoms with Crippen LogP contribution in [0.4, 0.5) is 0 Å². The minimum absolute atomic E-state index is 0.281. The van der Waals surface area contributed by atoms with Crippen LogP contribution in [0.15, 0.2) is 12.4 Å². The molecule has 2 fully saturated rings. The van der Waals surface area contributed by atoms with Gasteiger partial charge in [-0.15, -0.1) is 0 Å². The lowest BCUT2D eigenvalue weighted by Gasteiger charge is -2.43. The number of nitrogens with one attached hydrogen (secondary N) is 1. The van der Waals surface area contributed by atoms with E-state index in [1.807, 2.05) is 6.20 Å². The monoisotopic (exact) mass is 285 g/mol. The van der Waals surface area contributed by atoms with Crippen molar-refractivity contribution in [2.24, 2.45) is 0 Å². The third-order valence-corrected chi connectivity index (χ3v) is 5.29. The highest BCUT2D eigenvalue weighted by Gasteiger charge is 2.42. The predicted octanol–water partition coefficient (Wildman–Crippen LogP) is 1.66. The van der Waals surface area contributed by atoms with Gasteiger partial charge in [0.25, 0.3) is 0 Å². The summed E-state index contributed by atoms with van der Waals surface area (Å²) in [6.07, 6.45) is 10.8. The van der Waals surface area contributed by atoms with Crippen LogP contribution >= 0.6 is 0 Å². The molecule has 1 aromatic rings. The second-order valence-corrected chi connectivity index (χ2v) is 6.87. The van der Waals surface area contributed by atoms with Gasteiger partial charge in [-0.05, 0) is 38.5 Å². The summed E-state index contributed by atoms with van der Waals surface area (Å²) in [6, 6.07) is 3.74. The molecule has 5 heteroatoms. The Bertz CT molecular complexity index is 555. The summed E-state index contributed by atoms with van der Waals surface area (Å²) in [5.41, 5.74) is -0.281. The van der Waals surface area contributed by atoms with Crippen molar-refractivity contribution >= 4 is 0 Å². The standard InChI is InChI=1S/C16H23N5/c17-12-16(19-13-3-4-13)5-1-2-14(10-16)21-9-8-20-7-6-18-15(20)11-21/h6-7,13-14,19H,1-5,8-11H2. The topological polar surface area (TPSA) is 56.9 Å². The van der Waals surface area contributed by atoms with Gasteiger partial charge in [0.2, 0.25) is 0 Å². The summed E-state index contributed by atoms with van der Waals surface area (Å²) in [5.74, 6) is 1.17. The van der Waals surface area contributed by atoms with Crippen molar-refractivity contribution in [2.75, 3.05) is 6.54 Å². The van der Waals surface area contributed by atoms with Crippen molar-refractivity contribution in [2.45, 2.75) is 69.2 Å². The number of rotatable bonds is 3. The lowest BCUT2D eigenvalue weighted by molar-refractivity contribution is 0.0924. The third kappa shape index (κ3) is 2.58. The van der Waals surface area contributed by atoms with E-state index in [4.69, 9.17) is 0 Å². The minimum atomic E-state index is -0.281. The van der Waals surface area contributed by atoms with E-state index in [-0.39, 0.29) is 5.54 Å². The Kier molecular flexibility index (Phi) is 3.24. The molecular weight excluding hydrogens is 262 g/mol. The van der Waals surface area contributed by atoms with E-state index in [9.17, 15) is 5.26 Å². The quantitative estimate of drug-likeness (QED) is 0.917. The van der Waals surface area contributed by atoms with Crippen molar-refractivity contribution in [3.05, 3.63) is 18.2 Å². The molecule has 112 valence electrons. The van der Waals surface area contributed by atoms with Crippen LogP contribution in [0, 0.1) is 11.3 Å². The average Bonchev–Trinajstić information content (AvgIpc) is 3.20. The first-order valence-corrected chi connectivity index (χ1v) is 8.21. The zero-order chi connectivity index (χ0) is 14.3. The summed E-state index contributed by atoms with van der Waals surface area (Å²) in [7, 11) is 0. The number of nitrogens with zero attached hydrogens (tertiary/aromatic N) is 4. The Morgan fingerprint density at radius 1 is 1.33 bits per heavy atom. The van der Waals surface area contributed by atoms with Gasteiger partial charge in [-0.3, -0.25) is 10.2 Å². The van der Waals surface area contributed by atoms with Crippen LogP contribution in [0.3, 0.4) is 0 Å². The van der Waals surface area contributed by atoms with E-state index < -0.39 is 0 Å². The van der Waals surface area contributed by atoms with E-state index >= 15 is 0 Å². The van der Waals surface area contributed by atoms with Crippen LogP contribution in [0.5, 0.6) is 0 Å². The van der Waals surface area contributed by atoms with E-state index in [1.165, 1.54) is 25.1 Å². The maximum atomic E-state index is 9.71. The molecule has 2 heterocycles. The van der Waals surface area contributed by atoms with Crippen LogP contribution < -0.4 is 5.32 Å². The number of nitriles is 1. The Labute approximate surface area is 125 Å². The number of hydrogen-bond acceptors (Lipinski definition) is 4. The predicted molar refractivity (Wildman–Crippen MR) is 79.4 cm³/mol. The van der Waals surface area contributed by atoms with Crippen LogP contribution in [0.2, 0.25) is 0 Å². The molecule has 3 aliphatic rings. The number of imidazole rings is 1. The van der Waals surface area contributed by atoms with Gasteiger partial charge in [-0.1, -0.05) is 0 Å². The molecule has 5 nitrogen and oxygen atoms in total. The van der Waals surface area contributed by atoms with Crippen molar-refractivity contribution in [1.29, 1.82) is 5.26 Å². The van der Waals surface area contributed by atoms with Gasteiger partial charge in [0.1, 0.15) is 11.4 Å².